The van der Waals surface area contributed by atoms with Gasteiger partial charge in [-0.25, -0.2) is 4.98 Å². The quantitative estimate of drug-likeness (QED) is 0.584. The second-order valence-electron chi connectivity index (χ2n) is 8.86. The van der Waals surface area contributed by atoms with Crippen LogP contribution in [0.2, 0.25) is 0 Å². The van der Waals surface area contributed by atoms with Crippen LogP contribution in [0.4, 0.5) is 0 Å². The van der Waals surface area contributed by atoms with Crippen molar-refractivity contribution in [2.24, 2.45) is 5.92 Å². The molecule has 0 saturated carbocycles. The zero-order valence-electron chi connectivity index (χ0n) is 20.0. The smallest absolute Gasteiger partial charge is 0.259 e. The third kappa shape index (κ3) is 5.30. The van der Waals surface area contributed by atoms with E-state index in [1.807, 2.05) is 19.1 Å². The molecule has 3 aromatic heterocycles. The largest absolute Gasteiger partial charge is 0.472 e. The van der Waals surface area contributed by atoms with Gasteiger partial charge in [0.2, 0.25) is 5.88 Å². The molecule has 0 spiro atoms. The number of aliphatic hydroxyl groups excluding tert-OH is 1. The molecule has 0 fully saturated rings. The molecular formula is C26H29N5O4. The Labute approximate surface area is 204 Å². The topological polar surface area (TPSA) is 109 Å². The molecule has 1 aliphatic rings. The van der Waals surface area contributed by atoms with Crippen LogP contribution in [0.3, 0.4) is 0 Å². The van der Waals surface area contributed by atoms with E-state index in [0.717, 1.165) is 11.1 Å². The molecule has 3 aromatic rings. The summed E-state index contributed by atoms with van der Waals surface area (Å²) in [6, 6.07) is 8.39. The predicted molar refractivity (Wildman–Crippen MR) is 130 cm³/mol. The highest BCUT2D eigenvalue weighted by molar-refractivity contribution is 5.98. The molecule has 0 unspecified atom stereocenters. The Hall–Kier alpha value is -3.85. The number of carbonyl (C=O) groups excluding carboxylic acids is 2. The summed E-state index contributed by atoms with van der Waals surface area (Å²) in [6.45, 7) is 4.26. The number of pyridine rings is 3. The molecule has 1 aliphatic heterocycles. The fourth-order valence-corrected chi connectivity index (χ4v) is 4.09. The number of aliphatic hydroxyl groups is 1. The number of amides is 2. The molecular weight excluding hydrogens is 446 g/mol. The van der Waals surface area contributed by atoms with Crippen molar-refractivity contribution >= 4 is 11.8 Å². The van der Waals surface area contributed by atoms with Crippen molar-refractivity contribution in [2.45, 2.75) is 26.0 Å². The maximum Gasteiger partial charge on any atom is 0.259 e. The number of ether oxygens (including phenoxy) is 1. The molecule has 0 bridgehead atoms. The Morgan fingerprint density at radius 2 is 1.83 bits per heavy atom. The second-order valence-corrected chi connectivity index (χ2v) is 8.86. The Morgan fingerprint density at radius 1 is 1.17 bits per heavy atom. The van der Waals surface area contributed by atoms with Crippen LogP contribution in [-0.4, -0.2) is 80.6 Å². The number of carbonyl (C=O) groups is 2. The number of rotatable bonds is 6. The average molecular weight is 476 g/mol. The van der Waals surface area contributed by atoms with E-state index in [4.69, 9.17) is 4.74 Å². The van der Waals surface area contributed by atoms with E-state index < -0.39 is 12.1 Å². The van der Waals surface area contributed by atoms with Crippen LogP contribution in [0.5, 0.6) is 5.88 Å². The number of likely N-dealkylation sites (N-methyl/N-ethyl adjacent to an activating group) is 1. The predicted octanol–water partition coefficient (Wildman–Crippen LogP) is 2.53. The summed E-state index contributed by atoms with van der Waals surface area (Å²) in [4.78, 5) is 42.2. The van der Waals surface area contributed by atoms with Crippen LogP contribution in [0.15, 0.2) is 61.3 Å². The van der Waals surface area contributed by atoms with E-state index >= 15 is 0 Å². The number of fused-ring (bicyclic) bond motifs is 1. The fourth-order valence-electron chi connectivity index (χ4n) is 4.09. The molecule has 0 radical (unpaired) electrons. The van der Waals surface area contributed by atoms with Crippen LogP contribution in [0.1, 0.15) is 34.6 Å². The molecule has 9 heteroatoms. The highest BCUT2D eigenvalue weighted by atomic mass is 16.5. The first-order valence-electron chi connectivity index (χ1n) is 11.5. The zero-order chi connectivity index (χ0) is 24.9. The van der Waals surface area contributed by atoms with Crippen molar-refractivity contribution < 1.29 is 19.4 Å². The molecule has 35 heavy (non-hydrogen) atoms. The van der Waals surface area contributed by atoms with Gasteiger partial charge in [0.1, 0.15) is 11.7 Å². The first-order chi connectivity index (χ1) is 16.9. The molecule has 182 valence electrons. The van der Waals surface area contributed by atoms with E-state index in [2.05, 4.69) is 15.0 Å². The molecule has 2 amide bonds. The molecule has 4 heterocycles. The summed E-state index contributed by atoms with van der Waals surface area (Å²) in [7, 11) is 1.72. The summed E-state index contributed by atoms with van der Waals surface area (Å²) >= 11 is 0. The van der Waals surface area contributed by atoms with Crippen molar-refractivity contribution in [1.29, 1.82) is 0 Å². The van der Waals surface area contributed by atoms with Gasteiger partial charge < -0.3 is 19.6 Å². The van der Waals surface area contributed by atoms with Crippen LogP contribution < -0.4 is 4.74 Å². The van der Waals surface area contributed by atoms with Gasteiger partial charge in [0, 0.05) is 61.6 Å². The third-order valence-corrected chi connectivity index (χ3v) is 6.26. The molecule has 0 saturated heterocycles. The second kappa shape index (κ2) is 10.6. The molecule has 1 N–H and O–H groups in total. The first-order valence-corrected chi connectivity index (χ1v) is 11.5. The van der Waals surface area contributed by atoms with Gasteiger partial charge in [0.25, 0.3) is 11.8 Å². The van der Waals surface area contributed by atoms with Crippen LogP contribution in [-0.2, 0) is 0 Å². The van der Waals surface area contributed by atoms with Crippen molar-refractivity contribution in [3.8, 4) is 17.0 Å². The van der Waals surface area contributed by atoms with Crippen molar-refractivity contribution in [1.82, 2.24) is 24.8 Å². The van der Waals surface area contributed by atoms with Crippen LogP contribution in [0, 0.1) is 5.92 Å². The maximum atomic E-state index is 13.6. The summed E-state index contributed by atoms with van der Waals surface area (Å²) in [6.07, 6.45) is 7.75. The Bertz CT molecular complexity index is 1170. The molecule has 0 aliphatic carbocycles. The minimum Gasteiger partial charge on any atom is -0.472 e. The van der Waals surface area contributed by atoms with Gasteiger partial charge in [0.05, 0.1) is 19.2 Å². The van der Waals surface area contributed by atoms with Gasteiger partial charge in [0.15, 0.2) is 0 Å². The minimum atomic E-state index is -0.426. The van der Waals surface area contributed by atoms with Gasteiger partial charge in [-0.2, -0.15) is 0 Å². The van der Waals surface area contributed by atoms with E-state index in [0.29, 0.717) is 24.2 Å². The van der Waals surface area contributed by atoms with Crippen molar-refractivity contribution in [2.75, 3.05) is 26.7 Å². The maximum absolute atomic E-state index is 13.6. The lowest BCUT2D eigenvalue weighted by molar-refractivity contribution is 0.0313. The first kappa shape index (κ1) is 24.3. The van der Waals surface area contributed by atoms with Gasteiger partial charge in [-0.3, -0.25) is 19.6 Å². The van der Waals surface area contributed by atoms with E-state index in [1.54, 1.807) is 73.0 Å². The average Bonchev–Trinajstić information content (AvgIpc) is 2.90. The lowest BCUT2D eigenvalue weighted by Crippen LogP contribution is -2.50. The highest BCUT2D eigenvalue weighted by Crippen LogP contribution is 2.30. The van der Waals surface area contributed by atoms with Gasteiger partial charge >= 0.3 is 0 Å². The van der Waals surface area contributed by atoms with E-state index in [1.165, 1.54) is 0 Å². The molecule has 4 rings (SSSR count). The van der Waals surface area contributed by atoms with Gasteiger partial charge in [-0.1, -0.05) is 6.92 Å². The summed E-state index contributed by atoms with van der Waals surface area (Å²) in [5.74, 6) is -0.320. The van der Waals surface area contributed by atoms with Crippen molar-refractivity contribution in [3.63, 3.8) is 0 Å². The minimum absolute atomic E-state index is 0.129. The number of hydrogen-bond donors (Lipinski definition) is 1. The SMILES string of the molecule is C[C@H]1CN([C@@H](C)CO)C(=O)c2cc(-c3ccncc3)cnc2O[C@@H]1CN(C)C(=O)c1ccncc1. The number of aromatic nitrogens is 3. The summed E-state index contributed by atoms with van der Waals surface area (Å²) < 4.78 is 6.29. The number of hydrogen-bond acceptors (Lipinski definition) is 7. The molecule has 0 aromatic carbocycles. The summed E-state index contributed by atoms with van der Waals surface area (Å²) in [5.41, 5.74) is 2.49. The van der Waals surface area contributed by atoms with Gasteiger partial charge in [-0.05, 0) is 42.8 Å². The number of nitrogens with zero attached hydrogens (tertiary/aromatic N) is 5. The Kier molecular flexibility index (Phi) is 7.36. The fraction of sp³-hybridized carbons (Fsp3) is 0.346. The third-order valence-electron chi connectivity index (χ3n) is 6.26. The van der Waals surface area contributed by atoms with Crippen LogP contribution in [0.25, 0.3) is 11.1 Å². The van der Waals surface area contributed by atoms with E-state index in [9.17, 15) is 14.7 Å². The standard InChI is InChI=1S/C26H29N5O4/c1-17-14-31(18(2)16-32)26(34)22-12-21(19-4-8-27-9-5-19)13-29-24(22)35-23(17)15-30(3)25(33)20-6-10-28-11-7-20/h4-13,17-18,23,32H,14-16H2,1-3H3/t17-,18-,23+/m0/s1. The molecule has 9 nitrogen and oxygen atoms in total. The van der Waals surface area contributed by atoms with Crippen LogP contribution >= 0.6 is 0 Å². The van der Waals surface area contributed by atoms with Gasteiger partial charge in [-0.15, -0.1) is 0 Å². The Balaban J connectivity index is 1.68. The van der Waals surface area contributed by atoms with E-state index in [-0.39, 0.29) is 30.2 Å². The normalized spacial score (nSPS) is 18.6. The lowest BCUT2D eigenvalue weighted by Gasteiger charge is -2.37. The van der Waals surface area contributed by atoms with Crippen molar-refractivity contribution in [3.05, 3.63) is 72.4 Å². The highest BCUT2D eigenvalue weighted by Gasteiger charge is 2.34. The lowest BCUT2D eigenvalue weighted by atomic mass is 9.99. The molecule has 3 atom stereocenters. The summed E-state index contributed by atoms with van der Waals surface area (Å²) in [5, 5.41) is 9.84. The zero-order valence-corrected chi connectivity index (χ0v) is 20.0. The monoisotopic (exact) mass is 475 g/mol. The Morgan fingerprint density at radius 3 is 2.49 bits per heavy atom.